The third kappa shape index (κ3) is 1.81. The Hall–Kier alpha value is -1.76. The first kappa shape index (κ1) is 10.7. The van der Waals surface area contributed by atoms with Crippen molar-refractivity contribution in [2.24, 2.45) is 0 Å². The number of fused-ring (bicyclic) bond motifs is 1. The first-order valence-corrected chi connectivity index (χ1v) is 5.16. The third-order valence-corrected chi connectivity index (χ3v) is 2.23. The molecule has 0 unspecified atom stereocenters. The summed E-state index contributed by atoms with van der Waals surface area (Å²) < 4.78 is 6.82. The summed E-state index contributed by atoms with van der Waals surface area (Å²) in [5.74, 6) is 0.560. The highest BCUT2D eigenvalue weighted by molar-refractivity contribution is 7.71. The Morgan fingerprint density at radius 1 is 1.62 bits per heavy atom. The molecule has 6 nitrogen and oxygen atoms in total. The molecule has 0 atom stereocenters. The van der Waals surface area contributed by atoms with Crippen LogP contribution in [0.5, 0.6) is 0 Å². The van der Waals surface area contributed by atoms with Crippen LogP contribution in [0.25, 0.3) is 5.78 Å². The van der Waals surface area contributed by atoms with Crippen LogP contribution in [0.2, 0.25) is 0 Å². The minimum Gasteiger partial charge on any atom is -0.461 e. The van der Waals surface area contributed by atoms with E-state index in [-0.39, 0.29) is 5.69 Å². The number of H-pyrrole nitrogens is 1. The Morgan fingerprint density at radius 3 is 3.06 bits per heavy atom. The van der Waals surface area contributed by atoms with E-state index in [0.717, 1.165) is 0 Å². The van der Waals surface area contributed by atoms with Crippen molar-refractivity contribution >= 4 is 24.0 Å². The lowest BCUT2D eigenvalue weighted by Gasteiger charge is -2.00. The first-order chi connectivity index (χ1) is 7.61. The molecule has 0 aliphatic carbocycles. The lowest BCUT2D eigenvalue weighted by Crippen LogP contribution is -2.09. The average Bonchev–Trinajstić information content (AvgIpc) is 2.59. The maximum atomic E-state index is 11.5. The fourth-order valence-corrected chi connectivity index (χ4v) is 1.54. The number of rotatable bonds is 2. The van der Waals surface area contributed by atoms with Crippen molar-refractivity contribution in [2.75, 3.05) is 6.61 Å². The SMILES string of the molecule is CCOC(=O)c1cc(=S)n2[nH]c(C)nc2n1. The Balaban J connectivity index is 2.57. The highest BCUT2D eigenvalue weighted by atomic mass is 32.1. The zero-order valence-corrected chi connectivity index (χ0v) is 9.67. The molecule has 2 aromatic rings. The van der Waals surface area contributed by atoms with Crippen molar-refractivity contribution in [3.05, 3.63) is 22.2 Å². The predicted molar refractivity (Wildman–Crippen MR) is 58.9 cm³/mol. The van der Waals surface area contributed by atoms with Crippen LogP contribution in [0, 0.1) is 11.6 Å². The number of carbonyl (C=O) groups excluding carboxylic acids is 1. The molecule has 1 N–H and O–H groups in total. The number of hydrogen-bond acceptors (Lipinski definition) is 5. The van der Waals surface area contributed by atoms with Crippen LogP contribution in [0.15, 0.2) is 6.07 Å². The van der Waals surface area contributed by atoms with Gasteiger partial charge in [-0.2, -0.15) is 4.98 Å². The topological polar surface area (TPSA) is 72.3 Å². The van der Waals surface area contributed by atoms with Crippen molar-refractivity contribution in [1.82, 2.24) is 19.6 Å². The summed E-state index contributed by atoms with van der Waals surface area (Å²) in [5.41, 5.74) is 0.179. The minimum absolute atomic E-state index is 0.179. The maximum Gasteiger partial charge on any atom is 0.357 e. The van der Waals surface area contributed by atoms with Gasteiger partial charge in [-0.1, -0.05) is 12.2 Å². The summed E-state index contributed by atoms with van der Waals surface area (Å²) in [6.45, 7) is 3.82. The molecule has 16 heavy (non-hydrogen) atoms. The molecule has 2 heterocycles. The second-order valence-electron chi connectivity index (χ2n) is 3.14. The Morgan fingerprint density at radius 2 is 2.38 bits per heavy atom. The van der Waals surface area contributed by atoms with E-state index in [4.69, 9.17) is 17.0 Å². The van der Waals surface area contributed by atoms with E-state index in [1.54, 1.807) is 13.8 Å². The standard InChI is InChI=1S/C9H10N4O2S/c1-3-15-8(14)6-4-7(16)13-9(11-6)10-5(2)12-13/h4H,3H2,1-2H3,(H,10,11,12). The van der Waals surface area contributed by atoms with Crippen molar-refractivity contribution in [2.45, 2.75) is 13.8 Å². The number of nitrogens with zero attached hydrogens (tertiary/aromatic N) is 3. The number of carbonyl (C=O) groups is 1. The largest absolute Gasteiger partial charge is 0.461 e. The van der Waals surface area contributed by atoms with Crippen molar-refractivity contribution in [1.29, 1.82) is 0 Å². The molecule has 0 saturated heterocycles. The fraction of sp³-hybridized carbons (Fsp3) is 0.333. The van der Waals surface area contributed by atoms with Gasteiger partial charge < -0.3 is 4.74 Å². The van der Waals surface area contributed by atoms with Gasteiger partial charge in [0.15, 0.2) is 5.69 Å². The second kappa shape index (κ2) is 4.01. The Kier molecular flexibility index (Phi) is 2.69. The zero-order valence-electron chi connectivity index (χ0n) is 8.85. The fourth-order valence-electron chi connectivity index (χ4n) is 1.30. The summed E-state index contributed by atoms with van der Waals surface area (Å²) in [6.07, 6.45) is 0. The van der Waals surface area contributed by atoms with Gasteiger partial charge in [0.1, 0.15) is 10.5 Å². The quantitative estimate of drug-likeness (QED) is 0.630. The number of ether oxygens (including phenoxy) is 1. The molecule has 0 fully saturated rings. The number of aromatic amines is 1. The van der Waals surface area contributed by atoms with Crippen LogP contribution in [0.3, 0.4) is 0 Å². The van der Waals surface area contributed by atoms with E-state index >= 15 is 0 Å². The highest BCUT2D eigenvalue weighted by Gasteiger charge is 2.11. The van der Waals surface area contributed by atoms with Gasteiger partial charge in [0.05, 0.1) is 6.61 Å². The molecule has 7 heteroatoms. The van der Waals surface area contributed by atoms with E-state index < -0.39 is 5.97 Å². The molecule has 0 saturated carbocycles. The minimum atomic E-state index is -0.489. The predicted octanol–water partition coefficient (Wildman–Crippen LogP) is 1.27. The molecule has 0 bridgehead atoms. The highest BCUT2D eigenvalue weighted by Crippen LogP contribution is 2.04. The lowest BCUT2D eigenvalue weighted by atomic mass is 10.4. The summed E-state index contributed by atoms with van der Waals surface area (Å²) in [5, 5.41) is 2.91. The van der Waals surface area contributed by atoms with Gasteiger partial charge in [0, 0.05) is 6.07 Å². The van der Waals surface area contributed by atoms with E-state index in [0.29, 0.717) is 22.8 Å². The van der Waals surface area contributed by atoms with Gasteiger partial charge in [-0.15, -0.1) is 0 Å². The molecule has 2 rings (SSSR count). The normalized spacial score (nSPS) is 10.6. The summed E-state index contributed by atoms with van der Waals surface area (Å²) in [7, 11) is 0. The monoisotopic (exact) mass is 238 g/mol. The number of aryl methyl sites for hydroxylation is 1. The third-order valence-electron chi connectivity index (χ3n) is 1.93. The first-order valence-electron chi connectivity index (χ1n) is 4.75. The van der Waals surface area contributed by atoms with Crippen molar-refractivity contribution in [3.63, 3.8) is 0 Å². The van der Waals surface area contributed by atoms with Gasteiger partial charge in [-0.3, -0.25) is 5.10 Å². The molecular weight excluding hydrogens is 228 g/mol. The van der Waals surface area contributed by atoms with Gasteiger partial charge in [-0.25, -0.2) is 14.3 Å². The molecule has 2 aromatic heterocycles. The summed E-state index contributed by atoms with van der Waals surface area (Å²) in [6, 6.07) is 1.48. The van der Waals surface area contributed by atoms with Crippen molar-refractivity contribution in [3.8, 4) is 0 Å². The van der Waals surface area contributed by atoms with E-state index in [9.17, 15) is 4.79 Å². The van der Waals surface area contributed by atoms with Gasteiger partial charge in [0.2, 0.25) is 0 Å². The van der Waals surface area contributed by atoms with E-state index in [1.807, 2.05) is 0 Å². The molecule has 0 aliphatic heterocycles. The molecule has 0 aliphatic rings. The smallest absolute Gasteiger partial charge is 0.357 e. The summed E-state index contributed by atoms with van der Waals surface area (Å²) >= 11 is 5.10. The zero-order chi connectivity index (χ0) is 11.7. The van der Waals surface area contributed by atoms with Gasteiger partial charge in [0.25, 0.3) is 5.78 Å². The Bertz CT molecular complexity index is 601. The van der Waals surface area contributed by atoms with Crippen LogP contribution in [-0.2, 0) is 4.74 Å². The van der Waals surface area contributed by atoms with Gasteiger partial charge in [-0.05, 0) is 13.8 Å². The van der Waals surface area contributed by atoms with Crippen LogP contribution >= 0.6 is 12.2 Å². The number of esters is 1. The van der Waals surface area contributed by atoms with E-state index in [1.165, 1.54) is 10.6 Å². The van der Waals surface area contributed by atoms with E-state index in [2.05, 4.69) is 15.1 Å². The molecular formula is C9H10N4O2S. The molecule has 84 valence electrons. The molecule has 0 radical (unpaired) electrons. The van der Waals surface area contributed by atoms with Crippen molar-refractivity contribution < 1.29 is 9.53 Å². The number of nitrogens with one attached hydrogen (secondary N) is 1. The van der Waals surface area contributed by atoms with Crippen LogP contribution in [0.4, 0.5) is 0 Å². The molecule has 0 spiro atoms. The van der Waals surface area contributed by atoms with Crippen LogP contribution < -0.4 is 0 Å². The lowest BCUT2D eigenvalue weighted by molar-refractivity contribution is 0.0519. The second-order valence-corrected chi connectivity index (χ2v) is 3.56. The maximum absolute atomic E-state index is 11.5. The van der Waals surface area contributed by atoms with Gasteiger partial charge >= 0.3 is 5.97 Å². The number of hydrogen-bond donors (Lipinski definition) is 1. The van der Waals surface area contributed by atoms with Crippen LogP contribution in [-0.4, -0.2) is 32.2 Å². The Labute approximate surface area is 96.3 Å². The summed E-state index contributed by atoms with van der Waals surface area (Å²) in [4.78, 5) is 19.6. The van der Waals surface area contributed by atoms with Crippen LogP contribution in [0.1, 0.15) is 23.2 Å². The molecule has 0 aromatic carbocycles. The average molecular weight is 238 g/mol. The number of aromatic nitrogens is 4. The molecule has 0 amide bonds.